The first-order valence-corrected chi connectivity index (χ1v) is 20.4. The van der Waals surface area contributed by atoms with Crippen LogP contribution in [0.2, 0.25) is 0 Å². The Labute approximate surface area is 332 Å². The van der Waals surface area contributed by atoms with Crippen molar-refractivity contribution in [3.63, 3.8) is 0 Å². The molecule has 1 aliphatic carbocycles. The lowest BCUT2D eigenvalue weighted by Crippen LogP contribution is -2.58. The molecule has 2 aromatic rings. The highest BCUT2D eigenvalue weighted by Crippen LogP contribution is 2.30. The third kappa shape index (κ3) is 17.6. The molecule has 0 aliphatic heterocycles. The van der Waals surface area contributed by atoms with Crippen molar-refractivity contribution >= 4 is 29.8 Å². The number of aromatic nitrogens is 2. The molecule has 6 N–H and O–H groups in total. The number of hydrogen-bond donors (Lipinski definition) is 6. The van der Waals surface area contributed by atoms with Crippen LogP contribution in [0.3, 0.4) is 0 Å². The van der Waals surface area contributed by atoms with Crippen molar-refractivity contribution in [3.8, 4) is 0 Å². The minimum Gasteiger partial charge on any atom is -0.466 e. The topological polar surface area (TPSA) is 201 Å². The summed E-state index contributed by atoms with van der Waals surface area (Å²) in [7, 11) is 0. The molecule has 312 valence electrons. The van der Waals surface area contributed by atoms with Crippen molar-refractivity contribution in [2.45, 2.75) is 148 Å². The molecule has 14 nitrogen and oxygen atoms in total. The van der Waals surface area contributed by atoms with E-state index in [1.54, 1.807) is 33.9 Å². The second kappa shape index (κ2) is 23.6. The van der Waals surface area contributed by atoms with Gasteiger partial charge in [0.1, 0.15) is 17.7 Å². The quantitative estimate of drug-likeness (QED) is 0.0710. The minimum absolute atomic E-state index is 0.0436. The van der Waals surface area contributed by atoms with Gasteiger partial charge in [-0.05, 0) is 70.8 Å². The highest BCUT2D eigenvalue weighted by molar-refractivity contribution is 5.91. The van der Waals surface area contributed by atoms with E-state index < -0.39 is 53.7 Å². The molecule has 0 spiro atoms. The SMILES string of the molecule is CCOC(=O)CCCNC(=O)C(CC(C)C)CC(O)C(CC1CCCCC1)NC(=O)C(Cc1c[nH]cn1)NC(=O)C(Cc1ccccc1)NC(=O)OC(C)(C)C. The highest BCUT2D eigenvalue weighted by atomic mass is 16.6. The second-order valence-corrected chi connectivity index (χ2v) is 16.4. The van der Waals surface area contributed by atoms with Gasteiger partial charge in [-0.15, -0.1) is 0 Å². The van der Waals surface area contributed by atoms with E-state index >= 15 is 0 Å². The van der Waals surface area contributed by atoms with Crippen LogP contribution in [0.4, 0.5) is 4.79 Å². The van der Waals surface area contributed by atoms with Crippen LogP contribution >= 0.6 is 0 Å². The summed E-state index contributed by atoms with van der Waals surface area (Å²) in [6.45, 7) is 11.6. The molecule has 1 saturated carbocycles. The fraction of sp³-hybridized carbons (Fsp3) is 0.667. The van der Waals surface area contributed by atoms with Gasteiger partial charge in [0.15, 0.2) is 0 Å². The maximum atomic E-state index is 14.3. The molecule has 0 bridgehead atoms. The zero-order valence-corrected chi connectivity index (χ0v) is 34.2. The predicted molar refractivity (Wildman–Crippen MR) is 213 cm³/mol. The number of carbonyl (C=O) groups is 5. The Balaban J connectivity index is 1.83. The first-order chi connectivity index (χ1) is 26.6. The van der Waals surface area contributed by atoms with Crippen molar-refractivity contribution in [1.29, 1.82) is 0 Å². The van der Waals surface area contributed by atoms with E-state index in [0.29, 0.717) is 38.1 Å². The smallest absolute Gasteiger partial charge is 0.408 e. The first-order valence-electron chi connectivity index (χ1n) is 20.4. The summed E-state index contributed by atoms with van der Waals surface area (Å²) in [6, 6.07) is 6.34. The van der Waals surface area contributed by atoms with Gasteiger partial charge >= 0.3 is 12.1 Å². The maximum absolute atomic E-state index is 14.3. The molecule has 5 unspecified atom stereocenters. The fourth-order valence-corrected chi connectivity index (χ4v) is 7.14. The van der Waals surface area contributed by atoms with E-state index in [9.17, 15) is 29.1 Å². The van der Waals surface area contributed by atoms with Gasteiger partial charge in [0.2, 0.25) is 17.7 Å². The van der Waals surface area contributed by atoms with E-state index in [2.05, 4.69) is 31.2 Å². The number of esters is 1. The van der Waals surface area contributed by atoms with Crippen LogP contribution in [0.25, 0.3) is 0 Å². The van der Waals surface area contributed by atoms with Crippen LogP contribution in [0.5, 0.6) is 0 Å². The number of imidazole rings is 1. The zero-order chi connectivity index (χ0) is 41.1. The summed E-state index contributed by atoms with van der Waals surface area (Å²) in [5.41, 5.74) is 0.533. The van der Waals surface area contributed by atoms with Crippen LogP contribution in [-0.2, 0) is 41.5 Å². The van der Waals surface area contributed by atoms with Crippen molar-refractivity contribution in [3.05, 3.63) is 54.1 Å². The summed E-state index contributed by atoms with van der Waals surface area (Å²) in [6.07, 6.45) is 8.50. The number of nitrogens with one attached hydrogen (secondary N) is 5. The van der Waals surface area contributed by atoms with Crippen molar-refractivity contribution in [1.82, 2.24) is 31.2 Å². The fourth-order valence-electron chi connectivity index (χ4n) is 7.14. The lowest BCUT2D eigenvalue weighted by Gasteiger charge is -2.33. The Morgan fingerprint density at radius 2 is 1.59 bits per heavy atom. The van der Waals surface area contributed by atoms with Crippen molar-refractivity contribution in [2.24, 2.45) is 17.8 Å². The summed E-state index contributed by atoms with van der Waals surface area (Å²) in [5, 5.41) is 23.4. The molecule has 1 aliphatic rings. The van der Waals surface area contributed by atoms with Crippen molar-refractivity contribution in [2.75, 3.05) is 13.2 Å². The Morgan fingerprint density at radius 3 is 2.21 bits per heavy atom. The largest absolute Gasteiger partial charge is 0.466 e. The molecule has 1 heterocycles. The van der Waals surface area contributed by atoms with Gasteiger partial charge in [-0.25, -0.2) is 9.78 Å². The number of H-pyrrole nitrogens is 1. The van der Waals surface area contributed by atoms with Gasteiger partial charge in [0.05, 0.1) is 30.8 Å². The lowest BCUT2D eigenvalue weighted by atomic mass is 9.81. The molecule has 1 fully saturated rings. The summed E-state index contributed by atoms with van der Waals surface area (Å²) in [5.74, 6) is -1.72. The molecule has 5 atom stereocenters. The Hall–Kier alpha value is -4.46. The molecule has 1 aromatic carbocycles. The molecular formula is C42H66N6O8. The number of aromatic amines is 1. The number of ether oxygens (including phenoxy) is 2. The Bertz CT molecular complexity index is 1490. The number of rotatable bonds is 22. The van der Waals surface area contributed by atoms with Gasteiger partial charge in [0.25, 0.3) is 0 Å². The lowest BCUT2D eigenvalue weighted by molar-refractivity contribution is -0.143. The van der Waals surface area contributed by atoms with E-state index in [1.807, 2.05) is 44.2 Å². The van der Waals surface area contributed by atoms with Gasteiger partial charge in [-0.3, -0.25) is 19.2 Å². The molecule has 56 heavy (non-hydrogen) atoms. The number of aliphatic hydroxyl groups is 1. The molecule has 4 amide bonds. The van der Waals surface area contributed by atoms with Crippen LogP contribution < -0.4 is 21.3 Å². The number of aliphatic hydroxyl groups excluding tert-OH is 1. The number of carbonyl (C=O) groups excluding carboxylic acids is 5. The van der Waals surface area contributed by atoms with Crippen LogP contribution in [0.1, 0.15) is 117 Å². The Morgan fingerprint density at radius 1 is 0.911 bits per heavy atom. The highest BCUT2D eigenvalue weighted by Gasteiger charge is 2.34. The standard InChI is InChI=1S/C42H66N6O8/c1-7-55-37(50)19-14-20-44-38(51)31(21-28(2)3)24-36(49)33(22-29-15-10-8-11-16-29)46-40(53)35(25-32-26-43-27-45-32)47-39(52)34(23-30-17-12-9-13-18-30)48-41(54)56-42(4,5)6/h9,12-13,17-18,26-29,31,33-36,49H,7-8,10-11,14-16,19-25H2,1-6H3,(H,43,45)(H,44,51)(H,46,53)(H,47,52)(H,48,54). The summed E-state index contributed by atoms with van der Waals surface area (Å²) >= 11 is 0. The van der Waals surface area contributed by atoms with E-state index in [-0.39, 0.29) is 49.4 Å². The monoisotopic (exact) mass is 782 g/mol. The molecule has 14 heteroatoms. The van der Waals surface area contributed by atoms with Crippen LogP contribution in [0, 0.1) is 17.8 Å². The third-order valence-corrected chi connectivity index (χ3v) is 9.81. The number of benzene rings is 1. The molecule has 3 rings (SSSR count). The third-order valence-electron chi connectivity index (χ3n) is 9.81. The van der Waals surface area contributed by atoms with E-state index in [4.69, 9.17) is 9.47 Å². The average Bonchev–Trinajstić information content (AvgIpc) is 3.65. The van der Waals surface area contributed by atoms with Gasteiger partial charge in [0, 0.05) is 37.9 Å². The summed E-state index contributed by atoms with van der Waals surface area (Å²) in [4.78, 5) is 73.7. The van der Waals surface area contributed by atoms with Gasteiger partial charge < -0.3 is 40.8 Å². The zero-order valence-electron chi connectivity index (χ0n) is 34.2. The molecule has 0 saturated heterocycles. The summed E-state index contributed by atoms with van der Waals surface area (Å²) < 4.78 is 10.5. The number of hydrogen-bond acceptors (Lipinski definition) is 9. The number of alkyl carbamates (subject to hydrolysis) is 1. The minimum atomic E-state index is -1.11. The average molecular weight is 783 g/mol. The van der Waals surface area contributed by atoms with Gasteiger partial charge in [-0.1, -0.05) is 76.3 Å². The molecular weight excluding hydrogens is 716 g/mol. The van der Waals surface area contributed by atoms with Gasteiger partial charge in [-0.2, -0.15) is 0 Å². The van der Waals surface area contributed by atoms with E-state index in [1.165, 1.54) is 6.33 Å². The molecule has 1 aromatic heterocycles. The van der Waals surface area contributed by atoms with Crippen molar-refractivity contribution < 1.29 is 38.6 Å². The van der Waals surface area contributed by atoms with Crippen LogP contribution in [-0.4, -0.2) is 87.8 Å². The van der Waals surface area contributed by atoms with Crippen LogP contribution in [0.15, 0.2) is 42.9 Å². The predicted octanol–water partition coefficient (Wildman–Crippen LogP) is 4.90. The maximum Gasteiger partial charge on any atom is 0.408 e. The first kappa shape index (κ1) is 45.9. The second-order valence-electron chi connectivity index (χ2n) is 16.4. The number of amides is 4. The molecule has 0 radical (unpaired) electrons. The van der Waals surface area contributed by atoms with E-state index in [0.717, 1.165) is 37.7 Å². The Kier molecular flexibility index (Phi) is 19.3. The number of nitrogens with zero attached hydrogens (tertiary/aromatic N) is 1. The normalized spacial score (nSPS) is 16.1.